The molecule has 0 fully saturated rings. The van der Waals surface area contributed by atoms with E-state index >= 15 is 0 Å². The molecule has 0 spiro atoms. The predicted molar refractivity (Wildman–Crippen MR) is 78.4 cm³/mol. The molecular weight excluding hydrogens is 257 g/mol. The van der Waals surface area contributed by atoms with E-state index in [2.05, 4.69) is 0 Å². The van der Waals surface area contributed by atoms with Crippen LogP contribution in [0.25, 0.3) is 0 Å². The number of rotatable bonds is 6. The molecule has 0 amide bonds. The summed E-state index contributed by atoms with van der Waals surface area (Å²) in [6, 6.07) is 4.93. The molecule has 0 aromatic heterocycles. The minimum absolute atomic E-state index is 0.241. The van der Waals surface area contributed by atoms with Crippen molar-refractivity contribution in [3.8, 4) is 5.75 Å². The first kappa shape index (κ1) is 16.6. The lowest BCUT2D eigenvalue weighted by molar-refractivity contribution is -0.126. The molecule has 1 rings (SSSR count). The van der Waals surface area contributed by atoms with Crippen LogP contribution in [0, 0.1) is 11.2 Å². The lowest BCUT2D eigenvalue weighted by atomic mass is 9.89. The number of ether oxygens (including phenoxy) is 1. The van der Waals surface area contributed by atoms with Crippen molar-refractivity contribution in [3.05, 3.63) is 29.6 Å². The van der Waals surface area contributed by atoms with Gasteiger partial charge < -0.3 is 9.64 Å². The van der Waals surface area contributed by atoms with Crippen LogP contribution in [-0.2, 0) is 11.3 Å². The van der Waals surface area contributed by atoms with Crippen LogP contribution in [0.1, 0.15) is 32.8 Å². The Morgan fingerprint density at radius 2 is 2.00 bits per heavy atom. The number of nitrogens with zero attached hydrogens (tertiary/aromatic N) is 1. The summed E-state index contributed by atoms with van der Waals surface area (Å²) in [5, 5.41) is 0. The number of carbonyl (C=O) groups is 1. The van der Waals surface area contributed by atoms with Crippen molar-refractivity contribution in [1.29, 1.82) is 0 Å². The van der Waals surface area contributed by atoms with E-state index in [1.807, 2.05) is 38.8 Å². The minimum Gasteiger partial charge on any atom is -0.494 e. The van der Waals surface area contributed by atoms with Crippen molar-refractivity contribution >= 4 is 5.78 Å². The van der Waals surface area contributed by atoms with Gasteiger partial charge in [0.2, 0.25) is 0 Å². The van der Waals surface area contributed by atoms with Crippen LogP contribution in [0.4, 0.5) is 4.39 Å². The van der Waals surface area contributed by atoms with E-state index in [0.29, 0.717) is 19.5 Å². The summed E-state index contributed by atoms with van der Waals surface area (Å²) in [5.74, 6) is 0.133. The first-order chi connectivity index (χ1) is 9.24. The molecule has 0 heterocycles. The summed E-state index contributed by atoms with van der Waals surface area (Å²) < 4.78 is 18.5. The molecule has 1 aromatic rings. The van der Waals surface area contributed by atoms with Gasteiger partial charge in [-0.15, -0.1) is 0 Å². The number of hydrogen-bond acceptors (Lipinski definition) is 3. The Labute approximate surface area is 120 Å². The van der Waals surface area contributed by atoms with Gasteiger partial charge in [-0.3, -0.25) is 4.79 Å². The van der Waals surface area contributed by atoms with Gasteiger partial charge in [-0.1, -0.05) is 26.8 Å². The highest BCUT2D eigenvalue weighted by Gasteiger charge is 2.20. The maximum absolute atomic E-state index is 13.6. The molecular formula is C16H24FNO2. The highest BCUT2D eigenvalue weighted by atomic mass is 19.1. The summed E-state index contributed by atoms with van der Waals surface area (Å²) in [7, 11) is 3.38. The van der Waals surface area contributed by atoms with Crippen molar-refractivity contribution in [2.45, 2.75) is 33.7 Å². The number of benzene rings is 1. The number of carbonyl (C=O) groups excluding carboxylic acids is 1. The number of ketones is 1. The fourth-order valence-electron chi connectivity index (χ4n) is 1.87. The van der Waals surface area contributed by atoms with Crippen LogP contribution < -0.4 is 4.74 Å². The van der Waals surface area contributed by atoms with Crippen LogP contribution in [0.2, 0.25) is 0 Å². The zero-order chi connectivity index (χ0) is 15.3. The van der Waals surface area contributed by atoms with Gasteiger partial charge in [0, 0.05) is 24.9 Å². The molecule has 0 radical (unpaired) electrons. The second-order valence-corrected chi connectivity index (χ2v) is 6.13. The monoisotopic (exact) mass is 281 g/mol. The lowest BCUT2D eigenvalue weighted by Crippen LogP contribution is -2.27. The van der Waals surface area contributed by atoms with Crippen molar-refractivity contribution in [1.82, 2.24) is 4.90 Å². The van der Waals surface area contributed by atoms with Crippen LogP contribution >= 0.6 is 0 Å². The average molecular weight is 281 g/mol. The van der Waals surface area contributed by atoms with Crippen molar-refractivity contribution < 1.29 is 13.9 Å². The first-order valence-corrected chi connectivity index (χ1v) is 6.78. The smallest absolute Gasteiger partial charge is 0.165 e. The SMILES string of the molecule is COc1ccc(CN(C)CCC(=O)C(C)(C)C)cc1F. The van der Waals surface area contributed by atoms with Gasteiger partial charge in [0.15, 0.2) is 11.6 Å². The third-order valence-corrected chi connectivity index (χ3v) is 3.23. The normalized spacial score (nSPS) is 11.8. The lowest BCUT2D eigenvalue weighted by Gasteiger charge is -2.20. The number of methoxy groups -OCH3 is 1. The van der Waals surface area contributed by atoms with Crippen LogP contribution in [-0.4, -0.2) is 31.4 Å². The van der Waals surface area contributed by atoms with E-state index in [4.69, 9.17) is 4.74 Å². The Morgan fingerprint density at radius 3 is 2.50 bits per heavy atom. The second-order valence-electron chi connectivity index (χ2n) is 6.13. The van der Waals surface area contributed by atoms with Gasteiger partial charge in [0.1, 0.15) is 5.78 Å². The summed E-state index contributed by atoms with van der Waals surface area (Å²) in [6.45, 7) is 7.05. The molecule has 3 nitrogen and oxygen atoms in total. The van der Waals surface area contributed by atoms with Gasteiger partial charge in [0.05, 0.1) is 7.11 Å². The number of Topliss-reactive ketones (excluding diaryl/α,β-unsaturated/α-hetero) is 1. The van der Waals surface area contributed by atoms with E-state index in [0.717, 1.165) is 5.56 Å². The average Bonchev–Trinajstić information content (AvgIpc) is 2.35. The van der Waals surface area contributed by atoms with Crippen LogP contribution in [0.5, 0.6) is 5.75 Å². The molecule has 0 aliphatic carbocycles. The standard InChI is InChI=1S/C16H24FNO2/c1-16(2,3)15(19)8-9-18(4)11-12-6-7-14(20-5)13(17)10-12/h6-7,10H,8-9,11H2,1-5H3. The highest BCUT2D eigenvalue weighted by Crippen LogP contribution is 2.19. The Hall–Kier alpha value is -1.42. The van der Waals surface area contributed by atoms with Crippen molar-refractivity contribution in [2.75, 3.05) is 20.7 Å². The van der Waals surface area contributed by atoms with E-state index in [9.17, 15) is 9.18 Å². The molecule has 20 heavy (non-hydrogen) atoms. The van der Waals surface area contributed by atoms with Crippen molar-refractivity contribution in [2.24, 2.45) is 5.41 Å². The first-order valence-electron chi connectivity index (χ1n) is 6.78. The van der Waals surface area contributed by atoms with E-state index in [-0.39, 0.29) is 22.8 Å². The van der Waals surface area contributed by atoms with Gasteiger partial charge in [-0.25, -0.2) is 4.39 Å². The van der Waals surface area contributed by atoms with E-state index in [1.165, 1.54) is 13.2 Å². The van der Waals surface area contributed by atoms with Crippen molar-refractivity contribution in [3.63, 3.8) is 0 Å². The molecule has 0 bridgehead atoms. The quantitative estimate of drug-likeness (QED) is 0.801. The third kappa shape index (κ3) is 4.93. The Balaban J connectivity index is 2.52. The van der Waals surface area contributed by atoms with Gasteiger partial charge in [-0.05, 0) is 24.7 Å². The zero-order valence-electron chi connectivity index (χ0n) is 13.0. The van der Waals surface area contributed by atoms with Crippen LogP contribution in [0.15, 0.2) is 18.2 Å². The van der Waals surface area contributed by atoms with Gasteiger partial charge in [0.25, 0.3) is 0 Å². The van der Waals surface area contributed by atoms with E-state index in [1.54, 1.807) is 6.07 Å². The molecule has 0 saturated heterocycles. The fourth-order valence-corrected chi connectivity index (χ4v) is 1.87. The molecule has 0 atom stereocenters. The molecule has 0 aliphatic rings. The fraction of sp³-hybridized carbons (Fsp3) is 0.562. The summed E-state index contributed by atoms with van der Waals surface area (Å²) in [5.41, 5.74) is 0.571. The zero-order valence-corrected chi connectivity index (χ0v) is 13.0. The minimum atomic E-state index is -0.357. The largest absolute Gasteiger partial charge is 0.494 e. The summed E-state index contributed by atoms with van der Waals surface area (Å²) in [6.07, 6.45) is 0.513. The molecule has 0 N–H and O–H groups in total. The highest BCUT2D eigenvalue weighted by molar-refractivity contribution is 5.83. The van der Waals surface area contributed by atoms with Crippen LogP contribution in [0.3, 0.4) is 0 Å². The van der Waals surface area contributed by atoms with E-state index < -0.39 is 0 Å². The molecule has 0 unspecified atom stereocenters. The number of halogens is 1. The Kier molecular flexibility index (Phi) is 5.69. The summed E-state index contributed by atoms with van der Waals surface area (Å²) >= 11 is 0. The molecule has 112 valence electrons. The molecule has 0 saturated carbocycles. The predicted octanol–water partition coefficient (Wildman–Crippen LogP) is 3.27. The third-order valence-electron chi connectivity index (χ3n) is 3.23. The number of hydrogen-bond donors (Lipinski definition) is 0. The molecule has 1 aromatic carbocycles. The molecule has 0 aliphatic heterocycles. The summed E-state index contributed by atoms with van der Waals surface area (Å²) in [4.78, 5) is 13.9. The van der Waals surface area contributed by atoms with Gasteiger partial charge in [-0.2, -0.15) is 0 Å². The second kappa shape index (κ2) is 6.84. The van der Waals surface area contributed by atoms with Gasteiger partial charge >= 0.3 is 0 Å². The maximum Gasteiger partial charge on any atom is 0.165 e. The topological polar surface area (TPSA) is 29.5 Å². The molecule has 4 heteroatoms. The Bertz CT molecular complexity index is 466. The maximum atomic E-state index is 13.6. The Morgan fingerprint density at radius 1 is 1.35 bits per heavy atom.